The van der Waals surface area contributed by atoms with Gasteiger partial charge in [0.05, 0.1) is 16.6 Å². The van der Waals surface area contributed by atoms with Crippen molar-refractivity contribution in [1.82, 2.24) is 15.0 Å². The zero-order valence-corrected chi connectivity index (χ0v) is 19.7. The second-order valence-corrected chi connectivity index (χ2v) is 9.00. The number of aromatic nitrogens is 3. The van der Waals surface area contributed by atoms with E-state index in [0.717, 1.165) is 27.3 Å². The first-order valence-electron chi connectivity index (χ1n) is 10.5. The van der Waals surface area contributed by atoms with E-state index in [1.54, 1.807) is 19.2 Å². The quantitative estimate of drug-likeness (QED) is 0.340. The molecule has 0 amide bonds. The van der Waals surface area contributed by atoms with E-state index in [2.05, 4.69) is 30.6 Å². The highest BCUT2D eigenvalue weighted by molar-refractivity contribution is 7.09. The van der Waals surface area contributed by atoms with E-state index in [9.17, 15) is 5.11 Å². The Kier molecular flexibility index (Phi) is 6.43. The molecule has 0 radical (unpaired) electrons. The van der Waals surface area contributed by atoms with E-state index in [1.807, 2.05) is 35.7 Å². The number of hydrogen-bond acceptors (Lipinski definition) is 10. The molecule has 2 atom stereocenters. The molecular formula is C23H21ClN6O3S. The van der Waals surface area contributed by atoms with Gasteiger partial charge in [0.15, 0.2) is 0 Å². The van der Waals surface area contributed by atoms with Crippen LogP contribution in [0, 0.1) is 0 Å². The highest BCUT2D eigenvalue weighted by Gasteiger charge is 2.23. The number of benzene rings is 2. The van der Waals surface area contributed by atoms with Crippen LogP contribution in [0.2, 0.25) is 5.02 Å². The van der Waals surface area contributed by atoms with Gasteiger partial charge in [-0.3, -0.25) is 0 Å². The second-order valence-electron chi connectivity index (χ2n) is 7.62. The number of amidine groups is 1. The largest absolute Gasteiger partial charge is 0.485 e. The molecule has 0 saturated carbocycles. The third kappa shape index (κ3) is 5.04. The lowest BCUT2D eigenvalue weighted by Crippen LogP contribution is -2.21. The van der Waals surface area contributed by atoms with E-state index < -0.39 is 6.10 Å². The molecule has 0 saturated heterocycles. The molecule has 3 heterocycles. The first kappa shape index (κ1) is 22.3. The van der Waals surface area contributed by atoms with Crippen molar-refractivity contribution in [3.05, 3.63) is 64.3 Å². The highest BCUT2D eigenvalue weighted by atomic mass is 35.5. The van der Waals surface area contributed by atoms with Crippen molar-refractivity contribution < 1.29 is 14.6 Å². The molecule has 1 aliphatic rings. The van der Waals surface area contributed by atoms with Gasteiger partial charge in [-0.05, 0) is 43.3 Å². The number of rotatable bonds is 7. The number of aliphatic hydroxyl groups is 1. The number of nitrogens with zero attached hydrogens (tertiary/aromatic N) is 4. The Balaban J connectivity index is 1.33. The molecule has 2 aromatic heterocycles. The maximum Gasteiger partial charge on any atom is 0.289 e. The number of aliphatic imine (C=N–C) groups is 1. The van der Waals surface area contributed by atoms with E-state index in [0.29, 0.717) is 35.8 Å². The van der Waals surface area contributed by atoms with Gasteiger partial charge in [-0.2, -0.15) is 0 Å². The van der Waals surface area contributed by atoms with Gasteiger partial charge in [0.1, 0.15) is 42.2 Å². The van der Waals surface area contributed by atoms with E-state index >= 15 is 0 Å². The molecule has 9 nitrogen and oxygen atoms in total. The molecule has 0 aliphatic carbocycles. The minimum absolute atomic E-state index is 0.276. The summed E-state index contributed by atoms with van der Waals surface area (Å²) in [5.74, 6) is 1.20. The summed E-state index contributed by atoms with van der Waals surface area (Å²) in [7, 11) is 0. The third-order valence-electron chi connectivity index (χ3n) is 5.15. The Morgan fingerprint density at radius 3 is 2.79 bits per heavy atom. The van der Waals surface area contributed by atoms with Crippen molar-refractivity contribution in [3.63, 3.8) is 0 Å². The average molecular weight is 497 g/mol. The Morgan fingerprint density at radius 1 is 1.18 bits per heavy atom. The van der Waals surface area contributed by atoms with Gasteiger partial charge in [0.2, 0.25) is 0 Å². The summed E-state index contributed by atoms with van der Waals surface area (Å²) in [5.41, 5.74) is 2.29. The minimum Gasteiger partial charge on any atom is -0.485 e. The SMILES string of the molecule is C[C@@H](O)[C@@H]1COC(Nc2ccc3ncnc(Nc4ccc(OCc5nccs5)c(Cl)c4)c3c2)=N1. The summed E-state index contributed by atoms with van der Waals surface area (Å²) in [6.07, 6.45) is 2.67. The molecular weight excluding hydrogens is 476 g/mol. The van der Waals surface area contributed by atoms with Crippen molar-refractivity contribution in [1.29, 1.82) is 0 Å². The zero-order valence-electron chi connectivity index (χ0n) is 18.1. The molecule has 0 unspecified atom stereocenters. The highest BCUT2D eigenvalue weighted by Crippen LogP contribution is 2.31. The normalized spacial score (nSPS) is 16.1. The van der Waals surface area contributed by atoms with Gasteiger partial charge in [0, 0.05) is 28.3 Å². The van der Waals surface area contributed by atoms with Gasteiger partial charge in [-0.15, -0.1) is 11.3 Å². The van der Waals surface area contributed by atoms with Crippen LogP contribution in [-0.4, -0.2) is 44.8 Å². The fourth-order valence-electron chi connectivity index (χ4n) is 3.36. The molecule has 1 aliphatic heterocycles. The summed E-state index contributed by atoms with van der Waals surface area (Å²) in [6, 6.07) is 11.2. The van der Waals surface area contributed by atoms with Gasteiger partial charge in [-0.25, -0.2) is 19.9 Å². The summed E-state index contributed by atoms with van der Waals surface area (Å²) >= 11 is 7.97. The van der Waals surface area contributed by atoms with Gasteiger partial charge < -0.3 is 25.2 Å². The summed E-state index contributed by atoms with van der Waals surface area (Å²) in [4.78, 5) is 17.3. The number of fused-ring (bicyclic) bond motifs is 1. The van der Waals surface area contributed by atoms with Gasteiger partial charge in [0.25, 0.3) is 6.02 Å². The monoisotopic (exact) mass is 496 g/mol. The predicted molar refractivity (Wildman–Crippen MR) is 133 cm³/mol. The Morgan fingerprint density at radius 2 is 2.03 bits per heavy atom. The molecule has 0 bridgehead atoms. The van der Waals surface area contributed by atoms with Crippen molar-refractivity contribution in [2.24, 2.45) is 4.99 Å². The number of anilines is 3. The van der Waals surface area contributed by atoms with Crippen molar-refractivity contribution in [2.45, 2.75) is 25.7 Å². The maximum absolute atomic E-state index is 9.70. The second kappa shape index (κ2) is 9.80. The van der Waals surface area contributed by atoms with Crippen LogP contribution in [0.25, 0.3) is 10.9 Å². The molecule has 0 spiro atoms. The number of aliphatic hydroxyl groups excluding tert-OH is 1. The standard InChI is InChI=1S/C23H21ClN6O3S/c1-13(31)19-10-33-23(30-19)29-14-2-4-18-16(8-14)22(27-12-26-18)28-15-3-5-20(17(24)9-15)32-11-21-25-6-7-34-21/h2-9,12-13,19,31H,10-11H2,1H3,(H,29,30)(H,26,27,28)/t13-,19+/m1/s1. The topological polar surface area (TPSA) is 114 Å². The Labute approximate surface area is 204 Å². The molecule has 2 aromatic carbocycles. The third-order valence-corrected chi connectivity index (χ3v) is 6.20. The van der Waals surface area contributed by atoms with Crippen molar-refractivity contribution in [2.75, 3.05) is 17.2 Å². The van der Waals surface area contributed by atoms with Crippen LogP contribution in [0.4, 0.5) is 17.2 Å². The number of hydrogen-bond donors (Lipinski definition) is 3. The molecule has 0 fully saturated rings. The van der Waals surface area contributed by atoms with Crippen LogP contribution in [0.3, 0.4) is 0 Å². The number of thiazole rings is 1. The summed E-state index contributed by atoms with van der Waals surface area (Å²) in [5, 5.41) is 20.2. The van der Waals surface area contributed by atoms with E-state index in [1.165, 1.54) is 17.7 Å². The Bertz CT molecular complexity index is 1330. The van der Waals surface area contributed by atoms with Crippen LogP contribution < -0.4 is 15.4 Å². The zero-order chi connectivity index (χ0) is 23.5. The predicted octanol–water partition coefficient (Wildman–Crippen LogP) is 4.61. The lowest BCUT2D eigenvalue weighted by molar-refractivity contribution is 0.145. The Hall–Kier alpha value is -3.47. The summed E-state index contributed by atoms with van der Waals surface area (Å²) in [6.45, 7) is 2.40. The first-order chi connectivity index (χ1) is 16.5. The van der Waals surface area contributed by atoms with Crippen molar-refractivity contribution >= 4 is 57.1 Å². The van der Waals surface area contributed by atoms with Crippen LogP contribution in [0.1, 0.15) is 11.9 Å². The fraction of sp³-hybridized carbons (Fsp3) is 0.217. The van der Waals surface area contributed by atoms with Crippen LogP contribution in [-0.2, 0) is 11.3 Å². The van der Waals surface area contributed by atoms with Gasteiger partial charge in [-0.1, -0.05) is 11.6 Å². The molecule has 4 aromatic rings. The van der Waals surface area contributed by atoms with Crippen LogP contribution in [0.15, 0.2) is 59.3 Å². The number of halogens is 1. The first-order valence-corrected chi connectivity index (χ1v) is 11.8. The number of nitrogens with one attached hydrogen (secondary N) is 2. The minimum atomic E-state index is -0.573. The van der Waals surface area contributed by atoms with E-state index in [4.69, 9.17) is 21.1 Å². The molecule has 174 valence electrons. The molecule has 3 N–H and O–H groups in total. The summed E-state index contributed by atoms with van der Waals surface area (Å²) < 4.78 is 11.3. The lowest BCUT2D eigenvalue weighted by Gasteiger charge is -2.12. The smallest absolute Gasteiger partial charge is 0.289 e. The maximum atomic E-state index is 9.70. The van der Waals surface area contributed by atoms with Crippen LogP contribution in [0.5, 0.6) is 5.75 Å². The average Bonchev–Trinajstić information content (AvgIpc) is 3.51. The fourth-order valence-corrected chi connectivity index (χ4v) is 4.12. The van der Waals surface area contributed by atoms with E-state index in [-0.39, 0.29) is 6.04 Å². The molecule has 11 heteroatoms. The lowest BCUT2D eigenvalue weighted by atomic mass is 10.2. The van der Waals surface area contributed by atoms with Crippen LogP contribution >= 0.6 is 22.9 Å². The van der Waals surface area contributed by atoms with Crippen molar-refractivity contribution in [3.8, 4) is 5.75 Å². The number of ether oxygens (including phenoxy) is 2. The molecule has 34 heavy (non-hydrogen) atoms. The molecule has 5 rings (SSSR count). The van der Waals surface area contributed by atoms with Gasteiger partial charge >= 0.3 is 0 Å².